The van der Waals surface area contributed by atoms with E-state index >= 15 is 0 Å². The Kier molecular flexibility index (Phi) is 8.07. The second-order valence-electron chi connectivity index (χ2n) is 11.2. The van der Waals surface area contributed by atoms with Crippen molar-refractivity contribution in [3.8, 4) is 11.1 Å². The first-order chi connectivity index (χ1) is 21.1. The summed E-state index contributed by atoms with van der Waals surface area (Å²) in [6.07, 6.45) is 1.73. The number of halogens is 4. The Morgan fingerprint density at radius 1 is 1.02 bits per heavy atom. The molecular formula is C29H31F4N9O2. The zero-order valence-corrected chi connectivity index (χ0v) is 23.9. The number of carbonyl (C=O) groups excluding carboxylic acids is 1. The molecule has 11 nitrogen and oxygen atoms in total. The van der Waals surface area contributed by atoms with Crippen LogP contribution in [0.5, 0.6) is 0 Å². The topological polar surface area (TPSA) is 117 Å². The third-order valence-corrected chi connectivity index (χ3v) is 8.06. The van der Waals surface area contributed by atoms with E-state index in [1.54, 1.807) is 24.7 Å². The van der Waals surface area contributed by atoms with Gasteiger partial charge < -0.3 is 20.1 Å². The highest BCUT2D eigenvalue weighted by Gasteiger charge is 2.66. The molecule has 3 aromatic heterocycles. The van der Waals surface area contributed by atoms with E-state index in [0.29, 0.717) is 17.1 Å². The number of nitrogens with one attached hydrogen (secondary N) is 2. The summed E-state index contributed by atoms with van der Waals surface area (Å²) in [5, 5.41) is 13.4. The predicted molar refractivity (Wildman–Crippen MR) is 153 cm³/mol. The van der Waals surface area contributed by atoms with E-state index in [-0.39, 0.29) is 36.4 Å². The molecule has 2 fully saturated rings. The summed E-state index contributed by atoms with van der Waals surface area (Å²) < 4.78 is 61.5. The van der Waals surface area contributed by atoms with Gasteiger partial charge in [-0.25, -0.2) is 14.4 Å². The molecule has 1 saturated heterocycles. The lowest BCUT2D eigenvalue weighted by atomic mass is 10.0. The molecule has 1 aliphatic heterocycles. The average Bonchev–Trinajstić information content (AvgIpc) is 3.50. The Morgan fingerprint density at radius 2 is 1.77 bits per heavy atom. The van der Waals surface area contributed by atoms with Gasteiger partial charge in [0.15, 0.2) is 11.6 Å². The van der Waals surface area contributed by atoms with Crippen LogP contribution in [-0.2, 0) is 23.2 Å². The summed E-state index contributed by atoms with van der Waals surface area (Å²) in [7, 11) is 2.13. The normalized spacial score (nSPS) is 17.0. The van der Waals surface area contributed by atoms with E-state index in [1.165, 1.54) is 12.1 Å². The quantitative estimate of drug-likeness (QED) is 0.254. The molecule has 15 heteroatoms. The Morgan fingerprint density at radius 3 is 2.45 bits per heavy atom. The average molecular weight is 614 g/mol. The van der Waals surface area contributed by atoms with Gasteiger partial charge in [-0.05, 0) is 37.1 Å². The number of carbonyl (C=O) groups is 1. The molecule has 0 unspecified atom stereocenters. The van der Waals surface area contributed by atoms with Crippen LogP contribution in [-0.4, -0.2) is 86.6 Å². The summed E-state index contributed by atoms with van der Waals surface area (Å²) in [5.41, 5.74) is -0.108. The van der Waals surface area contributed by atoms with E-state index in [4.69, 9.17) is 4.52 Å². The molecule has 0 spiro atoms. The van der Waals surface area contributed by atoms with Gasteiger partial charge >= 0.3 is 6.18 Å². The van der Waals surface area contributed by atoms with Crippen molar-refractivity contribution in [3.63, 3.8) is 0 Å². The van der Waals surface area contributed by atoms with Crippen molar-refractivity contribution < 1.29 is 26.9 Å². The maximum Gasteiger partial charge on any atom is 0.401 e. The molecule has 44 heavy (non-hydrogen) atoms. The Balaban J connectivity index is 1.01. The molecule has 0 radical (unpaired) electrons. The molecule has 6 rings (SSSR count). The van der Waals surface area contributed by atoms with E-state index in [0.717, 1.165) is 51.0 Å². The highest BCUT2D eigenvalue weighted by atomic mass is 19.4. The molecule has 2 N–H and O–H groups in total. The van der Waals surface area contributed by atoms with Crippen molar-refractivity contribution in [1.82, 2.24) is 34.7 Å². The minimum absolute atomic E-state index is 0.0931. The highest BCUT2D eigenvalue weighted by Crippen LogP contribution is 2.59. The Labute approximate surface area is 250 Å². The zero-order valence-electron chi connectivity index (χ0n) is 23.9. The second kappa shape index (κ2) is 12.0. The number of benzene rings is 1. The first kappa shape index (κ1) is 29.7. The van der Waals surface area contributed by atoms with Crippen LogP contribution < -0.4 is 10.6 Å². The lowest BCUT2D eigenvalue weighted by molar-refractivity contribution is -0.165. The van der Waals surface area contributed by atoms with Crippen LogP contribution in [0.1, 0.15) is 24.2 Å². The first-order valence-corrected chi connectivity index (χ1v) is 14.2. The smallest absolute Gasteiger partial charge is 0.358 e. The summed E-state index contributed by atoms with van der Waals surface area (Å²) in [6.45, 7) is 5.93. The maximum atomic E-state index is 14.9. The van der Waals surface area contributed by atoms with Gasteiger partial charge in [-0.15, -0.1) is 0 Å². The van der Waals surface area contributed by atoms with Gasteiger partial charge in [-0.2, -0.15) is 18.3 Å². The molecule has 1 saturated carbocycles. The number of likely N-dealkylation sites (N-methyl/N-ethyl adjacent to an activating group) is 1. The summed E-state index contributed by atoms with van der Waals surface area (Å²) in [6, 6.07) is 5.44. The van der Waals surface area contributed by atoms with Gasteiger partial charge in [0.25, 0.3) is 0 Å². The Hall–Kier alpha value is -4.37. The van der Waals surface area contributed by atoms with Gasteiger partial charge in [0.1, 0.15) is 11.2 Å². The number of hydrogen-bond donors (Lipinski definition) is 2. The van der Waals surface area contributed by atoms with Gasteiger partial charge in [0.2, 0.25) is 11.9 Å². The summed E-state index contributed by atoms with van der Waals surface area (Å²) in [5.74, 6) is -1.40. The van der Waals surface area contributed by atoms with E-state index < -0.39 is 23.3 Å². The lowest BCUT2D eigenvalue weighted by Gasteiger charge is -2.32. The fourth-order valence-electron chi connectivity index (χ4n) is 5.12. The molecule has 1 aliphatic carbocycles. The van der Waals surface area contributed by atoms with E-state index in [2.05, 4.69) is 47.7 Å². The standard InChI is InChI=1S/C29H31F4N9O2/c1-40-6-8-41(9-7-40)10-11-42-18-22(17-36-42)37-27-34-15-21(16-35-27)19-2-3-20(23(30)12-19)13-26(43)38-25-14-24(44-39-25)28(4-5-28)29(31,32)33/h2-3,12,14-18H,4-11,13H2,1H3,(H,34,35,37)(H,38,39,43). The third kappa shape index (κ3) is 6.58. The number of alkyl halides is 3. The van der Waals surface area contributed by atoms with Crippen LogP contribution in [0.3, 0.4) is 0 Å². The summed E-state index contributed by atoms with van der Waals surface area (Å²) >= 11 is 0. The largest absolute Gasteiger partial charge is 0.401 e. The van der Waals surface area contributed by atoms with Crippen LogP contribution in [0.2, 0.25) is 0 Å². The molecule has 4 heterocycles. The van der Waals surface area contributed by atoms with Gasteiger partial charge in [0, 0.05) is 62.9 Å². The number of nitrogens with zero attached hydrogens (tertiary/aromatic N) is 7. The first-order valence-electron chi connectivity index (χ1n) is 14.2. The lowest BCUT2D eigenvalue weighted by Crippen LogP contribution is -2.45. The number of amides is 1. The molecule has 2 aliphatic rings. The molecule has 1 aromatic carbocycles. The van der Waals surface area contributed by atoms with Crippen molar-refractivity contribution in [1.29, 1.82) is 0 Å². The van der Waals surface area contributed by atoms with Crippen molar-refractivity contribution in [2.24, 2.45) is 0 Å². The minimum atomic E-state index is -4.46. The van der Waals surface area contributed by atoms with Crippen LogP contribution in [0.25, 0.3) is 11.1 Å². The predicted octanol–water partition coefficient (Wildman–Crippen LogP) is 4.23. The monoisotopic (exact) mass is 613 g/mol. The van der Waals surface area contributed by atoms with Crippen molar-refractivity contribution in [2.75, 3.05) is 50.4 Å². The second-order valence-corrected chi connectivity index (χ2v) is 11.2. The maximum absolute atomic E-state index is 14.9. The van der Waals surface area contributed by atoms with Crippen molar-refractivity contribution in [3.05, 3.63) is 66.2 Å². The highest BCUT2D eigenvalue weighted by molar-refractivity contribution is 5.91. The van der Waals surface area contributed by atoms with Crippen molar-refractivity contribution >= 4 is 23.4 Å². The van der Waals surface area contributed by atoms with E-state index in [1.807, 2.05) is 10.9 Å². The van der Waals surface area contributed by atoms with Crippen LogP contribution >= 0.6 is 0 Å². The number of rotatable bonds is 10. The van der Waals surface area contributed by atoms with Gasteiger partial charge in [0.05, 0.1) is 24.8 Å². The molecule has 232 valence electrons. The molecule has 4 aromatic rings. The van der Waals surface area contributed by atoms with Crippen LogP contribution in [0.15, 0.2) is 53.6 Å². The van der Waals surface area contributed by atoms with E-state index in [9.17, 15) is 22.4 Å². The molecule has 0 bridgehead atoms. The minimum Gasteiger partial charge on any atom is -0.358 e. The van der Waals surface area contributed by atoms with Gasteiger partial charge in [-0.3, -0.25) is 14.4 Å². The van der Waals surface area contributed by atoms with Crippen LogP contribution in [0.4, 0.5) is 35.0 Å². The summed E-state index contributed by atoms with van der Waals surface area (Å²) in [4.78, 5) is 25.8. The van der Waals surface area contributed by atoms with Gasteiger partial charge in [-0.1, -0.05) is 17.3 Å². The Bertz CT molecular complexity index is 1610. The number of piperazine rings is 1. The fourth-order valence-corrected chi connectivity index (χ4v) is 5.12. The van der Waals surface area contributed by atoms with Crippen molar-refractivity contribution in [2.45, 2.75) is 37.4 Å². The number of hydrogen-bond acceptors (Lipinski definition) is 9. The number of anilines is 3. The zero-order chi connectivity index (χ0) is 30.9. The SMILES string of the molecule is CN1CCN(CCn2cc(Nc3ncc(-c4ccc(CC(=O)Nc5cc(C6(C(F)(F)F)CC6)on5)c(F)c4)cn3)cn2)CC1. The third-order valence-electron chi connectivity index (χ3n) is 8.06. The van der Waals surface area contributed by atoms with Crippen LogP contribution in [0, 0.1) is 5.82 Å². The number of aromatic nitrogens is 5. The molecular weight excluding hydrogens is 582 g/mol. The molecule has 1 amide bonds. The fraction of sp³-hybridized carbons (Fsp3) is 0.414. The molecule has 0 atom stereocenters.